The molecule has 6 nitrogen and oxygen atoms in total. The van der Waals surface area contributed by atoms with Gasteiger partial charge in [-0.05, 0) is 12.1 Å². The van der Waals surface area contributed by atoms with Crippen molar-refractivity contribution in [2.75, 3.05) is 37.6 Å². The normalized spacial score (nSPS) is 15.0. The van der Waals surface area contributed by atoms with Gasteiger partial charge in [-0.25, -0.2) is 0 Å². The molecule has 1 aromatic rings. The van der Waals surface area contributed by atoms with E-state index >= 15 is 0 Å². The van der Waals surface area contributed by atoms with Crippen molar-refractivity contribution in [1.29, 1.82) is 0 Å². The lowest BCUT2D eigenvalue weighted by atomic mass is 10.2. The summed E-state index contributed by atoms with van der Waals surface area (Å²) in [5.41, 5.74) is 11.7. The van der Waals surface area contributed by atoms with Gasteiger partial charge in [-0.1, -0.05) is 18.2 Å². The number of nitrogens with two attached hydrogens (primary N) is 2. The molecule has 1 aromatic carbocycles. The van der Waals surface area contributed by atoms with E-state index in [1.807, 2.05) is 23.1 Å². The molecule has 1 fully saturated rings. The van der Waals surface area contributed by atoms with E-state index in [1.165, 1.54) is 5.69 Å². The SMILES string of the molecule is NC(N)=NCCC(=O)N1CCN(c2ccccc2)CC1. The molecule has 1 saturated heterocycles. The molecule has 0 aromatic heterocycles. The van der Waals surface area contributed by atoms with E-state index in [1.54, 1.807) is 0 Å². The van der Waals surface area contributed by atoms with Gasteiger partial charge < -0.3 is 21.3 Å². The van der Waals surface area contributed by atoms with Gasteiger partial charge in [0.25, 0.3) is 0 Å². The summed E-state index contributed by atoms with van der Waals surface area (Å²) in [6, 6.07) is 10.3. The Hall–Kier alpha value is -2.24. The number of hydrogen-bond donors (Lipinski definition) is 2. The van der Waals surface area contributed by atoms with Crippen LogP contribution in [0.25, 0.3) is 0 Å². The summed E-state index contributed by atoms with van der Waals surface area (Å²) in [7, 11) is 0. The van der Waals surface area contributed by atoms with Gasteiger partial charge in [-0.15, -0.1) is 0 Å². The number of rotatable bonds is 4. The van der Waals surface area contributed by atoms with E-state index in [-0.39, 0.29) is 11.9 Å². The van der Waals surface area contributed by atoms with Crippen LogP contribution in [0, 0.1) is 0 Å². The second kappa shape index (κ2) is 6.79. The highest BCUT2D eigenvalue weighted by atomic mass is 16.2. The van der Waals surface area contributed by atoms with Crippen LogP contribution in [0.1, 0.15) is 6.42 Å². The van der Waals surface area contributed by atoms with Crippen molar-refractivity contribution < 1.29 is 4.79 Å². The Kier molecular flexibility index (Phi) is 4.81. The van der Waals surface area contributed by atoms with E-state index in [4.69, 9.17) is 11.5 Å². The fourth-order valence-corrected chi connectivity index (χ4v) is 2.29. The molecule has 0 radical (unpaired) electrons. The predicted octanol–water partition coefficient (Wildman–Crippen LogP) is -0.00130. The maximum atomic E-state index is 12.0. The Morgan fingerprint density at radius 3 is 2.35 bits per heavy atom. The second-order valence-electron chi connectivity index (χ2n) is 4.76. The molecule has 20 heavy (non-hydrogen) atoms. The Labute approximate surface area is 119 Å². The minimum absolute atomic E-state index is 0.0340. The van der Waals surface area contributed by atoms with Crippen LogP contribution in [0.15, 0.2) is 35.3 Å². The fourth-order valence-electron chi connectivity index (χ4n) is 2.29. The third-order valence-electron chi connectivity index (χ3n) is 3.37. The van der Waals surface area contributed by atoms with Crippen LogP contribution in [-0.4, -0.2) is 49.5 Å². The molecule has 1 aliphatic rings. The number of anilines is 1. The molecular formula is C14H21N5O. The Morgan fingerprint density at radius 2 is 1.75 bits per heavy atom. The number of carbonyl (C=O) groups is 1. The molecule has 6 heteroatoms. The highest BCUT2D eigenvalue weighted by molar-refractivity contribution is 5.78. The highest BCUT2D eigenvalue weighted by Crippen LogP contribution is 2.15. The average Bonchev–Trinajstić information content (AvgIpc) is 2.48. The average molecular weight is 275 g/mol. The number of para-hydroxylation sites is 1. The van der Waals surface area contributed by atoms with Crippen molar-refractivity contribution in [1.82, 2.24) is 4.90 Å². The van der Waals surface area contributed by atoms with Gasteiger partial charge in [-0.3, -0.25) is 9.79 Å². The van der Waals surface area contributed by atoms with Crippen molar-refractivity contribution in [3.8, 4) is 0 Å². The summed E-state index contributed by atoms with van der Waals surface area (Å²) in [6.07, 6.45) is 0.364. The van der Waals surface area contributed by atoms with Crippen molar-refractivity contribution >= 4 is 17.6 Å². The van der Waals surface area contributed by atoms with Crippen LogP contribution < -0.4 is 16.4 Å². The Morgan fingerprint density at radius 1 is 1.10 bits per heavy atom. The quantitative estimate of drug-likeness (QED) is 0.598. The predicted molar refractivity (Wildman–Crippen MR) is 80.5 cm³/mol. The molecule has 0 bridgehead atoms. The molecule has 108 valence electrons. The van der Waals surface area contributed by atoms with Gasteiger partial charge in [0.1, 0.15) is 0 Å². The van der Waals surface area contributed by atoms with Gasteiger partial charge in [0.05, 0.1) is 6.54 Å². The summed E-state index contributed by atoms with van der Waals surface area (Å²) < 4.78 is 0. The molecule has 0 saturated carbocycles. The molecule has 4 N–H and O–H groups in total. The number of aliphatic imine (C=N–C) groups is 1. The summed E-state index contributed by atoms with van der Waals surface area (Å²) in [4.78, 5) is 20.0. The summed E-state index contributed by atoms with van der Waals surface area (Å²) in [6.45, 7) is 3.57. The number of benzene rings is 1. The van der Waals surface area contributed by atoms with Crippen LogP contribution in [0.2, 0.25) is 0 Å². The fraction of sp³-hybridized carbons (Fsp3) is 0.429. The maximum absolute atomic E-state index is 12.0. The van der Waals surface area contributed by atoms with Crippen molar-refractivity contribution in [2.24, 2.45) is 16.5 Å². The van der Waals surface area contributed by atoms with Crippen molar-refractivity contribution in [3.63, 3.8) is 0 Å². The van der Waals surface area contributed by atoms with Crippen LogP contribution >= 0.6 is 0 Å². The smallest absolute Gasteiger partial charge is 0.224 e. The molecule has 0 atom stereocenters. The van der Waals surface area contributed by atoms with Crippen LogP contribution in [-0.2, 0) is 4.79 Å². The number of amides is 1. The summed E-state index contributed by atoms with van der Waals surface area (Å²) >= 11 is 0. The number of nitrogens with zero attached hydrogens (tertiary/aromatic N) is 3. The van der Waals surface area contributed by atoms with E-state index in [9.17, 15) is 4.79 Å². The first-order valence-electron chi connectivity index (χ1n) is 6.80. The van der Waals surface area contributed by atoms with Crippen molar-refractivity contribution in [2.45, 2.75) is 6.42 Å². The Bertz CT molecular complexity index is 462. The van der Waals surface area contributed by atoms with Gasteiger partial charge in [0, 0.05) is 38.3 Å². The first-order chi connectivity index (χ1) is 9.66. The lowest BCUT2D eigenvalue weighted by Crippen LogP contribution is -2.48. The first-order valence-corrected chi connectivity index (χ1v) is 6.80. The molecule has 1 aliphatic heterocycles. The minimum Gasteiger partial charge on any atom is -0.370 e. The molecule has 1 heterocycles. The minimum atomic E-state index is 0.0340. The van der Waals surface area contributed by atoms with Gasteiger partial charge in [-0.2, -0.15) is 0 Å². The zero-order valence-electron chi connectivity index (χ0n) is 11.5. The molecular weight excluding hydrogens is 254 g/mol. The summed E-state index contributed by atoms with van der Waals surface area (Å²) in [5.74, 6) is 0.148. The van der Waals surface area contributed by atoms with Gasteiger partial charge in [0.15, 0.2) is 5.96 Å². The highest BCUT2D eigenvalue weighted by Gasteiger charge is 2.20. The van der Waals surface area contributed by atoms with E-state index < -0.39 is 0 Å². The van der Waals surface area contributed by atoms with Crippen LogP contribution in [0.4, 0.5) is 5.69 Å². The monoisotopic (exact) mass is 275 g/mol. The number of carbonyl (C=O) groups excluding carboxylic acids is 1. The van der Waals surface area contributed by atoms with Crippen LogP contribution in [0.3, 0.4) is 0 Å². The largest absolute Gasteiger partial charge is 0.370 e. The Balaban J connectivity index is 1.79. The first kappa shape index (κ1) is 14.2. The van der Waals surface area contributed by atoms with Crippen LogP contribution in [0.5, 0.6) is 0 Å². The molecule has 0 spiro atoms. The van der Waals surface area contributed by atoms with E-state index in [2.05, 4.69) is 22.0 Å². The molecule has 1 amide bonds. The third-order valence-corrected chi connectivity index (χ3v) is 3.37. The van der Waals surface area contributed by atoms with E-state index in [0.29, 0.717) is 13.0 Å². The number of guanidine groups is 1. The zero-order chi connectivity index (χ0) is 14.4. The lowest BCUT2D eigenvalue weighted by molar-refractivity contribution is -0.131. The summed E-state index contributed by atoms with van der Waals surface area (Å²) in [5, 5.41) is 0. The molecule has 0 unspecified atom stereocenters. The number of hydrogen-bond acceptors (Lipinski definition) is 3. The molecule has 0 aliphatic carbocycles. The van der Waals surface area contributed by atoms with Gasteiger partial charge in [0.2, 0.25) is 5.91 Å². The lowest BCUT2D eigenvalue weighted by Gasteiger charge is -2.36. The standard InChI is InChI=1S/C14H21N5O/c15-14(16)17-7-6-13(20)19-10-8-18(9-11-19)12-4-2-1-3-5-12/h1-5H,6-11H2,(H4,15,16,17). The number of piperazine rings is 1. The molecule has 2 rings (SSSR count). The van der Waals surface area contributed by atoms with E-state index in [0.717, 1.165) is 26.2 Å². The third kappa shape index (κ3) is 3.88. The zero-order valence-corrected chi connectivity index (χ0v) is 11.5. The second-order valence-corrected chi connectivity index (χ2v) is 4.76. The van der Waals surface area contributed by atoms with Crippen molar-refractivity contribution in [3.05, 3.63) is 30.3 Å². The van der Waals surface area contributed by atoms with Gasteiger partial charge >= 0.3 is 0 Å². The maximum Gasteiger partial charge on any atom is 0.224 e. The topological polar surface area (TPSA) is 87.9 Å².